The van der Waals surface area contributed by atoms with Gasteiger partial charge in [-0.1, -0.05) is 24.3 Å². The lowest BCUT2D eigenvalue weighted by Gasteiger charge is -2.09. The molecule has 2 N–H and O–H groups in total. The molecule has 3 aromatic rings. The largest absolute Gasteiger partial charge is 0.327 e. The number of hydrogen-bond acceptors (Lipinski definition) is 3. The maximum Gasteiger partial charge on any atom is 0.141 e. The molecule has 100 valence electrons. The summed E-state index contributed by atoms with van der Waals surface area (Å²) in [7, 11) is 0. The molecule has 3 rings (SSSR count). The maximum absolute atomic E-state index is 5.69. The van der Waals surface area contributed by atoms with E-state index in [1.54, 1.807) is 6.20 Å². The lowest BCUT2D eigenvalue weighted by Crippen LogP contribution is -2.03. The van der Waals surface area contributed by atoms with Gasteiger partial charge in [-0.05, 0) is 23.3 Å². The van der Waals surface area contributed by atoms with Crippen LogP contribution in [0.15, 0.2) is 61.2 Å². The number of rotatable bonds is 4. The van der Waals surface area contributed by atoms with Crippen LogP contribution in [0.4, 0.5) is 0 Å². The summed E-state index contributed by atoms with van der Waals surface area (Å²) in [4.78, 5) is 8.57. The molecule has 0 fully saturated rings. The molecule has 0 amide bonds. The van der Waals surface area contributed by atoms with Crippen LogP contribution in [0.3, 0.4) is 0 Å². The van der Waals surface area contributed by atoms with Crippen LogP contribution < -0.4 is 5.73 Å². The van der Waals surface area contributed by atoms with Gasteiger partial charge >= 0.3 is 0 Å². The van der Waals surface area contributed by atoms with E-state index in [0.717, 1.165) is 23.5 Å². The number of pyridine rings is 1. The van der Waals surface area contributed by atoms with Crippen LogP contribution in [0.2, 0.25) is 0 Å². The fourth-order valence-corrected chi connectivity index (χ4v) is 2.24. The second-order valence-electron chi connectivity index (χ2n) is 4.64. The third-order valence-corrected chi connectivity index (χ3v) is 3.22. The van der Waals surface area contributed by atoms with Crippen molar-refractivity contribution in [2.75, 3.05) is 0 Å². The first kappa shape index (κ1) is 12.6. The van der Waals surface area contributed by atoms with Crippen LogP contribution in [-0.4, -0.2) is 14.5 Å². The Morgan fingerprint density at radius 1 is 1.05 bits per heavy atom. The van der Waals surface area contributed by atoms with Gasteiger partial charge in [0.2, 0.25) is 0 Å². The molecule has 0 aliphatic heterocycles. The molecule has 20 heavy (non-hydrogen) atoms. The molecule has 1 aromatic carbocycles. The van der Waals surface area contributed by atoms with Gasteiger partial charge in [-0.15, -0.1) is 0 Å². The van der Waals surface area contributed by atoms with Crippen LogP contribution in [0.1, 0.15) is 11.1 Å². The molecule has 0 bridgehead atoms. The van der Waals surface area contributed by atoms with Crippen molar-refractivity contribution in [1.82, 2.24) is 14.5 Å². The Balaban J connectivity index is 1.90. The zero-order valence-electron chi connectivity index (χ0n) is 11.1. The third kappa shape index (κ3) is 2.60. The second kappa shape index (κ2) is 5.67. The molecule has 2 aromatic heterocycles. The van der Waals surface area contributed by atoms with E-state index in [9.17, 15) is 0 Å². The highest BCUT2D eigenvalue weighted by atomic mass is 15.1. The summed E-state index contributed by atoms with van der Waals surface area (Å²) in [6, 6.07) is 12.3. The number of nitrogens with two attached hydrogens (primary N) is 1. The summed E-state index contributed by atoms with van der Waals surface area (Å²) in [6.45, 7) is 1.34. The van der Waals surface area contributed by atoms with Crippen LogP contribution in [0, 0.1) is 0 Å². The van der Waals surface area contributed by atoms with Crippen molar-refractivity contribution in [1.29, 1.82) is 0 Å². The van der Waals surface area contributed by atoms with Crippen molar-refractivity contribution in [3.63, 3.8) is 0 Å². The Kier molecular flexibility index (Phi) is 3.56. The smallest absolute Gasteiger partial charge is 0.141 e. The minimum atomic E-state index is 0.563. The van der Waals surface area contributed by atoms with E-state index in [1.807, 2.05) is 42.9 Å². The zero-order valence-corrected chi connectivity index (χ0v) is 11.1. The Morgan fingerprint density at radius 2 is 1.95 bits per heavy atom. The van der Waals surface area contributed by atoms with Crippen LogP contribution in [0.25, 0.3) is 11.4 Å². The van der Waals surface area contributed by atoms with Crippen molar-refractivity contribution in [2.45, 2.75) is 13.1 Å². The summed E-state index contributed by atoms with van der Waals surface area (Å²) in [5.41, 5.74) is 9.07. The summed E-state index contributed by atoms with van der Waals surface area (Å²) in [5, 5.41) is 0. The predicted molar refractivity (Wildman–Crippen MR) is 78.9 cm³/mol. The van der Waals surface area contributed by atoms with E-state index in [1.165, 1.54) is 5.56 Å². The number of nitrogens with zero attached hydrogens (tertiary/aromatic N) is 3. The first-order valence-electron chi connectivity index (χ1n) is 6.56. The fraction of sp³-hybridized carbons (Fsp3) is 0.125. The van der Waals surface area contributed by atoms with Crippen LogP contribution in [-0.2, 0) is 13.1 Å². The van der Waals surface area contributed by atoms with Gasteiger partial charge in [0.1, 0.15) is 5.82 Å². The van der Waals surface area contributed by atoms with Gasteiger partial charge < -0.3 is 10.3 Å². The lowest BCUT2D eigenvalue weighted by molar-refractivity contribution is 0.804. The number of benzene rings is 1. The monoisotopic (exact) mass is 264 g/mol. The zero-order chi connectivity index (χ0) is 13.8. The SMILES string of the molecule is NCc1cccc(Cn2ccnc2-c2cccnc2)c1. The number of aromatic nitrogens is 3. The topological polar surface area (TPSA) is 56.7 Å². The molecule has 0 aliphatic carbocycles. The molecule has 4 heteroatoms. The Bertz CT molecular complexity index is 688. The number of hydrogen-bond donors (Lipinski definition) is 1. The molecule has 0 aliphatic rings. The van der Waals surface area contributed by atoms with E-state index in [-0.39, 0.29) is 0 Å². The van der Waals surface area contributed by atoms with Crippen LogP contribution in [0.5, 0.6) is 0 Å². The fourth-order valence-electron chi connectivity index (χ4n) is 2.24. The molecule has 2 heterocycles. The molecule has 0 radical (unpaired) electrons. The molecule has 0 spiro atoms. The Hall–Kier alpha value is -2.46. The summed E-state index contributed by atoms with van der Waals surface area (Å²) < 4.78 is 2.12. The average molecular weight is 264 g/mol. The highest BCUT2D eigenvalue weighted by Gasteiger charge is 2.06. The lowest BCUT2D eigenvalue weighted by atomic mass is 10.1. The minimum absolute atomic E-state index is 0.563. The van der Waals surface area contributed by atoms with E-state index >= 15 is 0 Å². The van der Waals surface area contributed by atoms with Crippen molar-refractivity contribution in [2.24, 2.45) is 5.73 Å². The van der Waals surface area contributed by atoms with Gasteiger partial charge in [-0.25, -0.2) is 4.98 Å². The van der Waals surface area contributed by atoms with Gasteiger partial charge in [0.05, 0.1) is 0 Å². The van der Waals surface area contributed by atoms with E-state index in [0.29, 0.717) is 6.54 Å². The van der Waals surface area contributed by atoms with Crippen molar-refractivity contribution in [3.8, 4) is 11.4 Å². The highest BCUT2D eigenvalue weighted by molar-refractivity contribution is 5.53. The molecule has 4 nitrogen and oxygen atoms in total. The van der Waals surface area contributed by atoms with Crippen molar-refractivity contribution in [3.05, 3.63) is 72.3 Å². The molecule has 0 saturated carbocycles. The van der Waals surface area contributed by atoms with E-state index < -0.39 is 0 Å². The first-order valence-corrected chi connectivity index (χ1v) is 6.56. The Morgan fingerprint density at radius 3 is 2.75 bits per heavy atom. The van der Waals surface area contributed by atoms with Gasteiger partial charge in [0.15, 0.2) is 0 Å². The second-order valence-corrected chi connectivity index (χ2v) is 4.64. The molecular formula is C16H16N4. The Labute approximate surface area is 117 Å². The van der Waals surface area contributed by atoms with Crippen molar-refractivity contribution < 1.29 is 0 Å². The summed E-state index contributed by atoms with van der Waals surface area (Å²) in [5.74, 6) is 0.927. The minimum Gasteiger partial charge on any atom is -0.327 e. The number of imidazole rings is 1. The van der Waals surface area contributed by atoms with Gasteiger partial charge in [0, 0.05) is 43.4 Å². The maximum atomic E-state index is 5.69. The van der Waals surface area contributed by atoms with Crippen molar-refractivity contribution >= 4 is 0 Å². The van der Waals surface area contributed by atoms with Gasteiger partial charge in [-0.3, -0.25) is 4.98 Å². The van der Waals surface area contributed by atoms with Gasteiger partial charge in [-0.2, -0.15) is 0 Å². The molecule has 0 atom stereocenters. The quantitative estimate of drug-likeness (QED) is 0.787. The average Bonchev–Trinajstić information content (AvgIpc) is 2.96. The standard InChI is InChI=1S/C16H16N4/c17-10-13-3-1-4-14(9-13)12-20-8-7-19-16(20)15-5-2-6-18-11-15/h1-9,11H,10,12,17H2. The molecular weight excluding hydrogens is 248 g/mol. The third-order valence-electron chi connectivity index (χ3n) is 3.22. The summed E-state index contributed by atoms with van der Waals surface area (Å²) >= 11 is 0. The summed E-state index contributed by atoms with van der Waals surface area (Å²) in [6.07, 6.45) is 7.39. The molecule has 0 unspecified atom stereocenters. The first-order chi connectivity index (χ1) is 9.86. The highest BCUT2D eigenvalue weighted by Crippen LogP contribution is 2.17. The normalized spacial score (nSPS) is 10.7. The van der Waals surface area contributed by atoms with Gasteiger partial charge in [0.25, 0.3) is 0 Å². The molecule has 0 saturated heterocycles. The van der Waals surface area contributed by atoms with E-state index in [2.05, 4.69) is 26.7 Å². The predicted octanol–water partition coefficient (Wildman–Crippen LogP) is 2.45. The van der Waals surface area contributed by atoms with Crippen LogP contribution >= 0.6 is 0 Å². The van der Waals surface area contributed by atoms with E-state index in [4.69, 9.17) is 5.73 Å².